The molecule has 1 aliphatic rings. The molecule has 136 valence electrons. The van der Waals surface area contributed by atoms with Crippen LogP contribution in [0.1, 0.15) is 35.0 Å². The maximum absolute atomic E-state index is 11.8. The number of amides is 1. The molecule has 0 saturated carbocycles. The van der Waals surface area contributed by atoms with Crippen LogP contribution >= 0.6 is 0 Å². The SMILES string of the molecule is CN(C)C(=O)C[C@H](O)c1cc2n(n1)CCN(Cc1cccc(C#N)c1)C2. The number of fused-ring (bicyclic) bond motifs is 1. The lowest BCUT2D eigenvalue weighted by Gasteiger charge is -2.27. The van der Waals surface area contributed by atoms with E-state index >= 15 is 0 Å². The van der Waals surface area contributed by atoms with E-state index in [1.807, 2.05) is 28.9 Å². The molecular weight excluding hydrogens is 330 g/mol. The minimum absolute atomic E-state index is 0.0358. The summed E-state index contributed by atoms with van der Waals surface area (Å²) >= 11 is 0. The first-order valence-corrected chi connectivity index (χ1v) is 8.62. The topological polar surface area (TPSA) is 85.4 Å². The first kappa shape index (κ1) is 18.1. The van der Waals surface area contributed by atoms with Crippen LogP contribution in [0.3, 0.4) is 0 Å². The van der Waals surface area contributed by atoms with E-state index in [0.29, 0.717) is 11.3 Å². The van der Waals surface area contributed by atoms with Gasteiger partial charge in [-0.15, -0.1) is 0 Å². The van der Waals surface area contributed by atoms with Crippen LogP contribution in [0.4, 0.5) is 0 Å². The molecule has 1 aliphatic heterocycles. The smallest absolute Gasteiger partial charge is 0.225 e. The van der Waals surface area contributed by atoms with Crippen molar-refractivity contribution in [2.24, 2.45) is 0 Å². The van der Waals surface area contributed by atoms with Crippen LogP contribution in [-0.4, -0.2) is 51.2 Å². The summed E-state index contributed by atoms with van der Waals surface area (Å²) in [6, 6.07) is 11.7. The van der Waals surface area contributed by atoms with Crippen molar-refractivity contribution < 1.29 is 9.90 Å². The molecule has 3 rings (SSSR count). The molecule has 1 amide bonds. The number of nitrogens with zero attached hydrogens (tertiary/aromatic N) is 5. The zero-order valence-corrected chi connectivity index (χ0v) is 15.1. The second-order valence-electron chi connectivity index (χ2n) is 6.81. The van der Waals surface area contributed by atoms with Crippen molar-refractivity contribution in [2.45, 2.75) is 32.2 Å². The number of rotatable bonds is 5. The minimum Gasteiger partial charge on any atom is -0.386 e. The molecule has 2 aromatic rings. The number of nitriles is 1. The van der Waals surface area contributed by atoms with Crippen molar-refractivity contribution in [1.82, 2.24) is 19.6 Å². The highest BCUT2D eigenvalue weighted by molar-refractivity contribution is 5.76. The van der Waals surface area contributed by atoms with Crippen LogP contribution in [0, 0.1) is 11.3 Å². The summed E-state index contributed by atoms with van der Waals surface area (Å²) in [5.41, 5.74) is 3.34. The van der Waals surface area contributed by atoms with Gasteiger partial charge in [-0.2, -0.15) is 10.4 Å². The molecule has 0 unspecified atom stereocenters. The van der Waals surface area contributed by atoms with Crippen molar-refractivity contribution in [3.05, 3.63) is 52.8 Å². The van der Waals surface area contributed by atoms with Crippen molar-refractivity contribution >= 4 is 5.91 Å². The van der Waals surface area contributed by atoms with Gasteiger partial charge in [0.25, 0.3) is 0 Å². The van der Waals surface area contributed by atoms with Crippen LogP contribution in [0.5, 0.6) is 0 Å². The Morgan fingerprint density at radius 2 is 2.19 bits per heavy atom. The predicted molar refractivity (Wildman–Crippen MR) is 95.8 cm³/mol. The highest BCUT2D eigenvalue weighted by Crippen LogP contribution is 2.22. The highest BCUT2D eigenvalue weighted by atomic mass is 16.3. The summed E-state index contributed by atoms with van der Waals surface area (Å²) in [5.74, 6) is -0.123. The Morgan fingerprint density at radius 1 is 1.38 bits per heavy atom. The number of aliphatic hydroxyl groups excluding tert-OH is 1. The summed E-state index contributed by atoms with van der Waals surface area (Å²) in [5, 5.41) is 23.8. The van der Waals surface area contributed by atoms with Crippen molar-refractivity contribution in [1.29, 1.82) is 5.26 Å². The third-order valence-corrected chi connectivity index (χ3v) is 4.57. The van der Waals surface area contributed by atoms with Gasteiger partial charge < -0.3 is 10.0 Å². The summed E-state index contributed by atoms with van der Waals surface area (Å²) < 4.78 is 1.90. The Bertz CT molecular complexity index is 837. The number of carbonyl (C=O) groups is 1. The van der Waals surface area contributed by atoms with E-state index in [1.165, 1.54) is 4.90 Å². The number of hydrogen-bond donors (Lipinski definition) is 1. The van der Waals surface area contributed by atoms with E-state index < -0.39 is 6.10 Å². The Kier molecular flexibility index (Phi) is 5.35. The molecule has 7 heteroatoms. The van der Waals surface area contributed by atoms with Crippen molar-refractivity contribution in [3.63, 3.8) is 0 Å². The van der Waals surface area contributed by atoms with E-state index in [2.05, 4.69) is 16.1 Å². The molecule has 0 spiro atoms. The lowest BCUT2D eigenvalue weighted by atomic mass is 10.1. The van der Waals surface area contributed by atoms with Gasteiger partial charge >= 0.3 is 0 Å². The number of benzene rings is 1. The average Bonchev–Trinajstić information content (AvgIpc) is 3.05. The Morgan fingerprint density at radius 3 is 2.92 bits per heavy atom. The Hall–Kier alpha value is -2.69. The molecule has 1 atom stereocenters. The van der Waals surface area contributed by atoms with Gasteiger partial charge in [0.2, 0.25) is 5.91 Å². The van der Waals surface area contributed by atoms with Gasteiger partial charge in [-0.25, -0.2) is 0 Å². The fourth-order valence-electron chi connectivity index (χ4n) is 3.09. The number of hydrogen-bond acceptors (Lipinski definition) is 5. The molecular formula is C19H23N5O2. The molecule has 7 nitrogen and oxygen atoms in total. The minimum atomic E-state index is -0.885. The van der Waals surface area contributed by atoms with Crippen LogP contribution in [0.15, 0.2) is 30.3 Å². The Balaban J connectivity index is 1.66. The van der Waals surface area contributed by atoms with Gasteiger partial charge in [-0.05, 0) is 23.8 Å². The number of carbonyl (C=O) groups excluding carboxylic acids is 1. The molecule has 1 aromatic carbocycles. The van der Waals surface area contributed by atoms with E-state index in [9.17, 15) is 9.90 Å². The summed E-state index contributed by atoms with van der Waals surface area (Å²) in [4.78, 5) is 15.5. The van der Waals surface area contributed by atoms with E-state index in [0.717, 1.165) is 37.4 Å². The third-order valence-electron chi connectivity index (χ3n) is 4.57. The lowest BCUT2D eigenvalue weighted by Crippen LogP contribution is -2.33. The molecule has 2 heterocycles. The van der Waals surface area contributed by atoms with Crippen LogP contribution in [-0.2, 0) is 24.4 Å². The fourth-order valence-corrected chi connectivity index (χ4v) is 3.09. The third kappa shape index (κ3) is 4.10. The van der Waals surface area contributed by atoms with Crippen LogP contribution < -0.4 is 0 Å². The van der Waals surface area contributed by atoms with Crippen molar-refractivity contribution in [3.8, 4) is 6.07 Å². The van der Waals surface area contributed by atoms with Crippen molar-refractivity contribution in [2.75, 3.05) is 20.6 Å². The molecule has 0 radical (unpaired) electrons. The number of aromatic nitrogens is 2. The number of aliphatic hydroxyl groups is 1. The first-order chi connectivity index (χ1) is 12.5. The van der Waals surface area contributed by atoms with E-state index in [4.69, 9.17) is 5.26 Å². The molecule has 0 fully saturated rings. The largest absolute Gasteiger partial charge is 0.386 e. The molecule has 26 heavy (non-hydrogen) atoms. The van der Waals surface area contributed by atoms with Gasteiger partial charge in [-0.3, -0.25) is 14.4 Å². The lowest BCUT2D eigenvalue weighted by molar-refractivity contribution is -0.130. The van der Waals surface area contributed by atoms with Crippen LogP contribution in [0.2, 0.25) is 0 Å². The molecule has 0 aliphatic carbocycles. The quantitative estimate of drug-likeness (QED) is 0.875. The first-order valence-electron chi connectivity index (χ1n) is 8.62. The second kappa shape index (κ2) is 7.68. The molecule has 0 bridgehead atoms. The predicted octanol–water partition coefficient (Wildman–Crippen LogP) is 1.28. The highest BCUT2D eigenvalue weighted by Gasteiger charge is 2.23. The molecule has 1 N–H and O–H groups in total. The maximum Gasteiger partial charge on any atom is 0.225 e. The van der Waals surface area contributed by atoms with Gasteiger partial charge in [0.05, 0.1) is 36.0 Å². The van der Waals surface area contributed by atoms with Crippen LogP contribution in [0.25, 0.3) is 0 Å². The summed E-state index contributed by atoms with van der Waals surface area (Å²) in [6.07, 6.45) is -0.850. The summed E-state index contributed by atoms with van der Waals surface area (Å²) in [7, 11) is 3.35. The zero-order valence-electron chi connectivity index (χ0n) is 15.1. The molecule has 0 saturated heterocycles. The fraction of sp³-hybridized carbons (Fsp3) is 0.421. The average molecular weight is 353 g/mol. The normalized spacial score (nSPS) is 15.2. The Labute approximate surface area is 153 Å². The second-order valence-corrected chi connectivity index (χ2v) is 6.81. The maximum atomic E-state index is 11.8. The summed E-state index contributed by atoms with van der Waals surface area (Å²) in [6.45, 7) is 3.06. The van der Waals surface area contributed by atoms with Gasteiger partial charge in [0.15, 0.2) is 0 Å². The monoisotopic (exact) mass is 353 g/mol. The standard InChI is InChI=1S/C19H23N5O2/c1-22(2)19(26)10-18(25)17-9-16-13-23(6-7-24(16)21-17)12-15-5-3-4-14(8-15)11-20/h3-5,8-9,18,25H,6-7,10,12-13H2,1-2H3/t18-/m0/s1. The van der Waals surface area contributed by atoms with E-state index in [1.54, 1.807) is 20.2 Å². The van der Waals surface area contributed by atoms with Gasteiger partial charge in [-0.1, -0.05) is 12.1 Å². The van der Waals surface area contributed by atoms with Gasteiger partial charge in [0, 0.05) is 33.7 Å². The van der Waals surface area contributed by atoms with Gasteiger partial charge in [0.1, 0.15) is 6.10 Å². The zero-order chi connectivity index (χ0) is 18.7. The molecule has 1 aromatic heterocycles. The van der Waals surface area contributed by atoms with E-state index in [-0.39, 0.29) is 12.3 Å².